The summed E-state index contributed by atoms with van der Waals surface area (Å²) in [5.74, 6) is -0.938. The van der Waals surface area contributed by atoms with Crippen LogP contribution in [-0.2, 0) is 4.79 Å². The van der Waals surface area contributed by atoms with E-state index in [4.69, 9.17) is 26.2 Å². The first-order chi connectivity index (χ1) is 11.4. The molecule has 0 spiro atoms. The van der Waals surface area contributed by atoms with Crippen LogP contribution in [0.3, 0.4) is 0 Å². The Morgan fingerprint density at radius 2 is 1.92 bits per heavy atom. The number of anilines is 1. The summed E-state index contributed by atoms with van der Waals surface area (Å²) in [5, 5.41) is 11.7. The van der Waals surface area contributed by atoms with Gasteiger partial charge in [0.05, 0.1) is 23.4 Å². The van der Waals surface area contributed by atoms with Crippen molar-refractivity contribution in [2.24, 2.45) is 0 Å². The van der Waals surface area contributed by atoms with Crippen molar-refractivity contribution in [3.05, 3.63) is 51.5 Å². The summed E-state index contributed by atoms with van der Waals surface area (Å²) in [6.07, 6.45) is 0. The first kappa shape index (κ1) is 18.1. The molecule has 6 nitrogen and oxygen atoms in total. The Hall–Kier alpha value is -2.25. The number of hydrogen-bond donors (Lipinski definition) is 2. The van der Waals surface area contributed by atoms with Gasteiger partial charge in [0.2, 0.25) is 0 Å². The number of ether oxygens (including phenoxy) is 2. The van der Waals surface area contributed by atoms with Gasteiger partial charge in [0.1, 0.15) is 5.75 Å². The minimum Gasteiger partial charge on any atom is -0.493 e. The third-order valence-electron chi connectivity index (χ3n) is 2.95. The van der Waals surface area contributed by atoms with Gasteiger partial charge in [0.15, 0.2) is 12.4 Å². The lowest BCUT2D eigenvalue weighted by molar-refractivity contribution is -0.118. The average molecular weight is 415 g/mol. The zero-order valence-electron chi connectivity index (χ0n) is 12.5. The molecule has 2 aromatic rings. The predicted molar refractivity (Wildman–Crippen MR) is 93.2 cm³/mol. The third-order valence-corrected chi connectivity index (χ3v) is 3.76. The van der Waals surface area contributed by atoms with Crippen LogP contribution in [0.2, 0.25) is 5.02 Å². The van der Waals surface area contributed by atoms with E-state index in [1.54, 1.807) is 24.3 Å². The van der Waals surface area contributed by atoms with Gasteiger partial charge in [-0.3, -0.25) is 4.79 Å². The van der Waals surface area contributed by atoms with Crippen molar-refractivity contribution in [2.45, 2.75) is 0 Å². The second-order valence-corrected chi connectivity index (χ2v) is 5.96. The van der Waals surface area contributed by atoms with Crippen LogP contribution in [-0.4, -0.2) is 30.7 Å². The van der Waals surface area contributed by atoms with E-state index in [1.165, 1.54) is 19.2 Å². The zero-order valence-corrected chi connectivity index (χ0v) is 14.8. The molecule has 0 aliphatic carbocycles. The molecule has 0 aromatic heterocycles. The Morgan fingerprint density at radius 1 is 1.25 bits per heavy atom. The molecule has 0 aliphatic rings. The molecule has 0 saturated carbocycles. The fourth-order valence-corrected chi connectivity index (χ4v) is 2.44. The van der Waals surface area contributed by atoms with Gasteiger partial charge in [-0.15, -0.1) is 0 Å². The minimum atomic E-state index is -1.17. The molecule has 0 unspecified atom stereocenters. The van der Waals surface area contributed by atoms with E-state index < -0.39 is 11.9 Å². The quantitative estimate of drug-likeness (QED) is 0.750. The standard InChI is InChI=1S/C16H13BrClNO5/c1-23-15-12(18)6-9(16(21)22)7-13(15)19-14(20)8-24-11-4-2-10(17)3-5-11/h2-7H,8H2,1H3,(H,19,20)(H,21,22). The topological polar surface area (TPSA) is 84.9 Å². The first-order valence-electron chi connectivity index (χ1n) is 6.69. The van der Waals surface area contributed by atoms with E-state index in [1.807, 2.05) is 0 Å². The van der Waals surface area contributed by atoms with Crippen molar-refractivity contribution in [2.75, 3.05) is 19.0 Å². The summed E-state index contributed by atoms with van der Waals surface area (Å²) in [6.45, 7) is -0.250. The first-order valence-corrected chi connectivity index (χ1v) is 7.87. The second kappa shape index (κ2) is 8.03. The van der Waals surface area contributed by atoms with E-state index in [0.717, 1.165) is 4.47 Å². The Balaban J connectivity index is 2.10. The van der Waals surface area contributed by atoms with Crippen LogP contribution in [0.25, 0.3) is 0 Å². The molecule has 0 aliphatic heterocycles. The van der Waals surface area contributed by atoms with Crippen molar-refractivity contribution in [1.82, 2.24) is 0 Å². The van der Waals surface area contributed by atoms with E-state index in [0.29, 0.717) is 5.75 Å². The minimum absolute atomic E-state index is 0.0649. The van der Waals surface area contributed by atoms with Crippen LogP contribution in [0.5, 0.6) is 11.5 Å². The highest BCUT2D eigenvalue weighted by atomic mass is 79.9. The van der Waals surface area contributed by atoms with E-state index in [-0.39, 0.29) is 28.6 Å². The fourth-order valence-electron chi connectivity index (χ4n) is 1.88. The number of nitrogens with one attached hydrogen (secondary N) is 1. The van der Waals surface area contributed by atoms with Gasteiger partial charge < -0.3 is 19.9 Å². The zero-order chi connectivity index (χ0) is 17.7. The molecule has 2 N–H and O–H groups in total. The maximum atomic E-state index is 12.0. The van der Waals surface area contributed by atoms with Gasteiger partial charge in [0.25, 0.3) is 5.91 Å². The van der Waals surface area contributed by atoms with Crippen molar-refractivity contribution < 1.29 is 24.2 Å². The summed E-state index contributed by atoms with van der Waals surface area (Å²) < 4.78 is 11.3. The molecule has 1 amide bonds. The fraction of sp³-hybridized carbons (Fsp3) is 0.125. The summed E-state index contributed by atoms with van der Waals surface area (Å²) in [4.78, 5) is 23.1. The lowest BCUT2D eigenvalue weighted by atomic mass is 10.2. The number of aromatic carboxylic acids is 1. The van der Waals surface area contributed by atoms with Gasteiger partial charge in [-0.2, -0.15) is 0 Å². The number of halogens is 2. The molecule has 8 heteroatoms. The Kier molecular flexibility index (Phi) is 6.05. The van der Waals surface area contributed by atoms with Crippen molar-refractivity contribution in [3.63, 3.8) is 0 Å². The van der Waals surface area contributed by atoms with Gasteiger partial charge in [-0.25, -0.2) is 4.79 Å². The summed E-state index contributed by atoms with van der Waals surface area (Å²) >= 11 is 9.28. The van der Waals surface area contributed by atoms with Crippen molar-refractivity contribution >= 4 is 45.1 Å². The number of amides is 1. The number of carbonyl (C=O) groups excluding carboxylic acids is 1. The largest absolute Gasteiger partial charge is 0.493 e. The highest BCUT2D eigenvalue weighted by Gasteiger charge is 2.16. The molecule has 0 radical (unpaired) electrons. The van der Waals surface area contributed by atoms with Crippen LogP contribution < -0.4 is 14.8 Å². The summed E-state index contributed by atoms with van der Waals surface area (Å²) in [6, 6.07) is 9.50. The number of carboxylic acids is 1. The molecule has 24 heavy (non-hydrogen) atoms. The maximum absolute atomic E-state index is 12.0. The predicted octanol–water partition coefficient (Wildman–Crippen LogP) is 3.83. The monoisotopic (exact) mass is 413 g/mol. The molecule has 0 saturated heterocycles. The van der Waals surface area contributed by atoms with E-state index >= 15 is 0 Å². The van der Waals surface area contributed by atoms with Crippen LogP contribution in [0.1, 0.15) is 10.4 Å². The molecular formula is C16H13BrClNO5. The molecule has 0 fully saturated rings. The second-order valence-electron chi connectivity index (χ2n) is 4.63. The van der Waals surface area contributed by atoms with Crippen molar-refractivity contribution in [1.29, 1.82) is 0 Å². The average Bonchev–Trinajstić information content (AvgIpc) is 2.54. The summed E-state index contributed by atoms with van der Waals surface area (Å²) in [7, 11) is 1.37. The van der Waals surface area contributed by atoms with Gasteiger partial charge in [0, 0.05) is 4.47 Å². The van der Waals surface area contributed by atoms with Gasteiger partial charge in [-0.1, -0.05) is 27.5 Å². The highest BCUT2D eigenvalue weighted by Crippen LogP contribution is 2.34. The molecule has 2 rings (SSSR count). The Labute approximate surface area is 151 Å². The number of rotatable bonds is 6. The molecule has 2 aromatic carbocycles. The van der Waals surface area contributed by atoms with Gasteiger partial charge >= 0.3 is 5.97 Å². The highest BCUT2D eigenvalue weighted by molar-refractivity contribution is 9.10. The lowest BCUT2D eigenvalue weighted by Gasteiger charge is -2.13. The summed E-state index contributed by atoms with van der Waals surface area (Å²) in [5.41, 5.74) is 0.0942. The maximum Gasteiger partial charge on any atom is 0.335 e. The van der Waals surface area contributed by atoms with Gasteiger partial charge in [-0.05, 0) is 36.4 Å². The SMILES string of the molecule is COc1c(Cl)cc(C(=O)O)cc1NC(=O)COc1ccc(Br)cc1. The number of carbonyl (C=O) groups is 2. The third kappa shape index (κ3) is 4.62. The molecule has 0 heterocycles. The number of benzene rings is 2. The number of methoxy groups -OCH3 is 1. The molecular weight excluding hydrogens is 402 g/mol. The van der Waals surface area contributed by atoms with Crippen LogP contribution >= 0.6 is 27.5 Å². The Morgan fingerprint density at radius 3 is 2.50 bits per heavy atom. The molecule has 0 bridgehead atoms. The Bertz CT molecular complexity index is 764. The molecule has 126 valence electrons. The van der Waals surface area contributed by atoms with Crippen molar-refractivity contribution in [3.8, 4) is 11.5 Å². The normalized spacial score (nSPS) is 10.1. The number of carboxylic acid groups (broad SMARTS) is 1. The van der Waals surface area contributed by atoms with Crippen LogP contribution in [0.4, 0.5) is 5.69 Å². The van der Waals surface area contributed by atoms with Crippen LogP contribution in [0, 0.1) is 0 Å². The van der Waals surface area contributed by atoms with E-state index in [9.17, 15) is 9.59 Å². The smallest absolute Gasteiger partial charge is 0.335 e. The van der Waals surface area contributed by atoms with Crippen LogP contribution in [0.15, 0.2) is 40.9 Å². The lowest BCUT2D eigenvalue weighted by Crippen LogP contribution is -2.20. The van der Waals surface area contributed by atoms with E-state index in [2.05, 4.69) is 21.2 Å². The molecule has 0 atom stereocenters. The number of hydrogen-bond acceptors (Lipinski definition) is 4.